The smallest absolute Gasteiger partial charge is 0.0454 e. The summed E-state index contributed by atoms with van der Waals surface area (Å²) in [5.41, 5.74) is 7.94. The van der Waals surface area contributed by atoms with E-state index in [9.17, 15) is 0 Å². The fourth-order valence-corrected chi connectivity index (χ4v) is 2.97. The molecule has 1 unspecified atom stereocenters. The van der Waals surface area contributed by atoms with Crippen molar-refractivity contribution in [2.45, 2.75) is 39.4 Å². The molecule has 1 fully saturated rings. The molecule has 1 heterocycles. The van der Waals surface area contributed by atoms with E-state index < -0.39 is 0 Å². The Morgan fingerprint density at radius 1 is 1.25 bits per heavy atom. The summed E-state index contributed by atoms with van der Waals surface area (Å²) in [5.74, 6) is 0. The predicted octanol–water partition coefficient (Wildman–Crippen LogP) is 2.71. The highest BCUT2D eigenvalue weighted by Crippen LogP contribution is 2.20. The second-order valence-electron chi connectivity index (χ2n) is 5.70. The number of hydrogen-bond donors (Lipinski definition) is 1. The van der Waals surface area contributed by atoms with Gasteiger partial charge in [-0.25, -0.2) is 0 Å². The van der Waals surface area contributed by atoms with Crippen LogP contribution in [-0.2, 0) is 13.1 Å². The first kappa shape index (κ1) is 15.8. The lowest BCUT2D eigenvalue weighted by atomic mass is 10.1. The average Bonchev–Trinajstić information content (AvgIpc) is 2.49. The van der Waals surface area contributed by atoms with Gasteiger partial charge in [-0.15, -0.1) is 0 Å². The van der Waals surface area contributed by atoms with E-state index >= 15 is 0 Å². The van der Waals surface area contributed by atoms with Crippen LogP contribution in [0.3, 0.4) is 0 Å². The Morgan fingerprint density at radius 3 is 2.50 bits per heavy atom. The van der Waals surface area contributed by atoms with Gasteiger partial charge in [0.05, 0.1) is 0 Å². The van der Waals surface area contributed by atoms with Crippen molar-refractivity contribution in [2.75, 3.05) is 26.2 Å². The number of nitrogens with zero attached hydrogens (tertiary/aromatic N) is 2. The summed E-state index contributed by atoms with van der Waals surface area (Å²) in [6, 6.07) is 6.89. The van der Waals surface area contributed by atoms with Crippen LogP contribution in [-0.4, -0.2) is 42.0 Å². The maximum Gasteiger partial charge on any atom is 0.0454 e. The first-order valence-electron chi connectivity index (χ1n) is 7.57. The number of benzene rings is 1. The van der Waals surface area contributed by atoms with Gasteiger partial charge < -0.3 is 5.73 Å². The van der Waals surface area contributed by atoms with Crippen LogP contribution in [0.5, 0.6) is 0 Å². The highest BCUT2D eigenvalue weighted by atomic mass is 35.5. The zero-order valence-electron chi connectivity index (χ0n) is 12.6. The zero-order valence-corrected chi connectivity index (χ0v) is 13.4. The third kappa shape index (κ3) is 3.95. The van der Waals surface area contributed by atoms with Crippen molar-refractivity contribution in [3.63, 3.8) is 0 Å². The van der Waals surface area contributed by atoms with E-state index in [1.807, 2.05) is 6.07 Å². The normalized spacial score (nSPS) is 19.2. The molecule has 1 saturated heterocycles. The van der Waals surface area contributed by atoms with Crippen molar-refractivity contribution in [3.05, 3.63) is 34.3 Å². The molecule has 0 amide bonds. The summed E-state index contributed by atoms with van der Waals surface area (Å²) in [4.78, 5) is 5.07. The van der Waals surface area contributed by atoms with Crippen molar-refractivity contribution < 1.29 is 0 Å². The number of hydrogen-bond acceptors (Lipinski definition) is 3. The lowest BCUT2D eigenvalue weighted by Crippen LogP contribution is -2.49. The van der Waals surface area contributed by atoms with Gasteiger partial charge in [0.1, 0.15) is 0 Å². The van der Waals surface area contributed by atoms with E-state index in [4.69, 9.17) is 17.3 Å². The van der Waals surface area contributed by atoms with Crippen LogP contribution < -0.4 is 5.73 Å². The van der Waals surface area contributed by atoms with Crippen LogP contribution in [0.25, 0.3) is 0 Å². The minimum absolute atomic E-state index is 0.549. The molecule has 1 aromatic rings. The van der Waals surface area contributed by atoms with E-state index in [2.05, 4.69) is 35.8 Å². The summed E-state index contributed by atoms with van der Waals surface area (Å²) in [7, 11) is 0. The summed E-state index contributed by atoms with van der Waals surface area (Å²) >= 11 is 6.34. The number of piperazine rings is 1. The molecule has 0 aliphatic carbocycles. The molecule has 1 atom stereocenters. The summed E-state index contributed by atoms with van der Waals surface area (Å²) < 4.78 is 0. The molecule has 4 heteroatoms. The van der Waals surface area contributed by atoms with Crippen LogP contribution in [0.4, 0.5) is 0 Å². The van der Waals surface area contributed by atoms with Gasteiger partial charge in [0.25, 0.3) is 0 Å². The van der Waals surface area contributed by atoms with Gasteiger partial charge in [0.15, 0.2) is 0 Å². The van der Waals surface area contributed by atoms with Gasteiger partial charge in [0.2, 0.25) is 0 Å². The standard InChI is InChI=1S/C16H26ClN3/c1-3-13(2)20-8-6-19(7-9-20)12-15-5-4-14(11-18)10-16(15)17/h4-5,10,13H,3,6-9,11-12,18H2,1-2H3. The minimum Gasteiger partial charge on any atom is -0.326 e. The molecule has 0 spiro atoms. The third-order valence-corrected chi connectivity index (χ3v) is 4.72. The number of nitrogens with two attached hydrogens (primary N) is 1. The van der Waals surface area contributed by atoms with Crippen LogP contribution in [0.1, 0.15) is 31.4 Å². The fourth-order valence-electron chi connectivity index (χ4n) is 2.71. The van der Waals surface area contributed by atoms with Crippen molar-refractivity contribution in [2.24, 2.45) is 5.73 Å². The van der Waals surface area contributed by atoms with E-state index in [1.165, 1.54) is 12.0 Å². The van der Waals surface area contributed by atoms with Crippen LogP contribution >= 0.6 is 11.6 Å². The average molecular weight is 296 g/mol. The molecular weight excluding hydrogens is 270 g/mol. The van der Waals surface area contributed by atoms with Gasteiger partial charge >= 0.3 is 0 Å². The van der Waals surface area contributed by atoms with E-state index in [1.54, 1.807) is 0 Å². The summed E-state index contributed by atoms with van der Waals surface area (Å²) in [6.45, 7) is 10.6. The lowest BCUT2D eigenvalue weighted by Gasteiger charge is -2.38. The molecule has 1 aromatic carbocycles. The van der Waals surface area contributed by atoms with E-state index in [0.717, 1.165) is 43.3 Å². The first-order chi connectivity index (χ1) is 9.63. The Hall–Kier alpha value is -0.610. The van der Waals surface area contributed by atoms with Gasteiger partial charge in [0, 0.05) is 50.3 Å². The molecular formula is C16H26ClN3. The third-order valence-electron chi connectivity index (χ3n) is 4.37. The Balaban J connectivity index is 1.89. The molecule has 112 valence electrons. The number of rotatable bonds is 5. The van der Waals surface area contributed by atoms with E-state index in [0.29, 0.717) is 12.6 Å². The maximum absolute atomic E-state index is 6.34. The highest BCUT2D eigenvalue weighted by molar-refractivity contribution is 6.31. The van der Waals surface area contributed by atoms with Gasteiger partial charge in [-0.2, -0.15) is 0 Å². The van der Waals surface area contributed by atoms with Crippen molar-refractivity contribution in [1.29, 1.82) is 0 Å². The molecule has 2 rings (SSSR count). The molecule has 3 nitrogen and oxygen atoms in total. The highest BCUT2D eigenvalue weighted by Gasteiger charge is 2.20. The second kappa shape index (κ2) is 7.41. The van der Waals surface area contributed by atoms with Crippen molar-refractivity contribution >= 4 is 11.6 Å². The molecule has 2 N–H and O–H groups in total. The Bertz CT molecular complexity index is 428. The lowest BCUT2D eigenvalue weighted by molar-refractivity contribution is 0.0964. The molecule has 0 saturated carbocycles. The van der Waals surface area contributed by atoms with Crippen LogP contribution in [0.2, 0.25) is 5.02 Å². The molecule has 0 radical (unpaired) electrons. The second-order valence-corrected chi connectivity index (χ2v) is 6.11. The van der Waals surface area contributed by atoms with Crippen molar-refractivity contribution in [3.8, 4) is 0 Å². The number of halogens is 1. The SMILES string of the molecule is CCC(C)N1CCN(Cc2ccc(CN)cc2Cl)CC1. The predicted molar refractivity (Wildman–Crippen MR) is 85.9 cm³/mol. The van der Waals surface area contributed by atoms with Crippen molar-refractivity contribution in [1.82, 2.24) is 9.80 Å². The molecule has 1 aliphatic rings. The molecule has 20 heavy (non-hydrogen) atoms. The minimum atomic E-state index is 0.549. The Labute approximate surface area is 127 Å². The topological polar surface area (TPSA) is 32.5 Å². The van der Waals surface area contributed by atoms with Crippen LogP contribution in [0.15, 0.2) is 18.2 Å². The summed E-state index contributed by atoms with van der Waals surface area (Å²) in [6.07, 6.45) is 1.23. The Kier molecular flexibility index (Phi) is 5.85. The quantitative estimate of drug-likeness (QED) is 0.906. The monoisotopic (exact) mass is 295 g/mol. The van der Waals surface area contributed by atoms with E-state index in [-0.39, 0.29) is 0 Å². The van der Waals surface area contributed by atoms with Gasteiger partial charge in [-0.05, 0) is 30.5 Å². The van der Waals surface area contributed by atoms with Crippen LogP contribution in [0, 0.1) is 0 Å². The van der Waals surface area contributed by atoms with Gasteiger partial charge in [-0.3, -0.25) is 9.80 Å². The first-order valence-corrected chi connectivity index (χ1v) is 7.95. The summed E-state index contributed by atoms with van der Waals surface area (Å²) in [5, 5.41) is 0.845. The largest absolute Gasteiger partial charge is 0.326 e. The Morgan fingerprint density at radius 2 is 1.95 bits per heavy atom. The van der Waals surface area contributed by atoms with Gasteiger partial charge in [-0.1, -0.05) is 30.7 Å². The molecule has 0 aromatic heterocycles. The molecule has 1 aliphatic heterocycles. The molecule has 0 bridgehead atoms. The fraction of sp³-hybridized carbons (Fsp3) is 0.625. The zero-order chi connectivity index (χ0) is 14.5. The maximum atomic E-state index is 6.34.